The number of morpholine rings is 1. The maximum absolute atomic E-state index is 9.13. The van der Waals surface area contributed by atoms with Gasteiger partial charge in [0.25, 0.3) is 0 Å². The Balaban J connectivity index is 2.27. The van der Waals surface area contributed by atoms with Crippen LogP contribution in [0.1, 0.15) is 19.4 Å². The van der Waals surface area contributed by atoms with Gasteiger partial charge in [0.15, 0.2) is 5.82 Å². The van der Waals surface area contributed by atoms with Crippen LogP contribution in [0.5, 0.6) is 5.88 Å². The summed E-state index contributed by atoms with van der Waals surface area (Å²) in [5, 5.41) is 9.13. The first-order valence-corrected chi connectivity index (χ1v) is 6.11. The highest BCUT2D eigenvalue weighted by atomic mass is 16.5. The molecule has 0 aromatic carbocycles. The third kappa shape index (κ3) is 2.90. The molecular formula is C13H17N3O2. The Bertz CT molecular complexity index is 448. The summed E-state index contributed by atoms with van der Waals surface area (Å²) in [6.45, 7) is 6.76. The van der Waals surface area contributed by atoms with E-state index in [-0.39, 0.29) is 6.10 Å². The minimum atomic E-state index is 0.0722. The molecule has 18 heavy (non-hydrogen) atoms. The molecule has 0 radical (unpaired) electrons. The summed E-state index contributed by atoms with van der Waals surface area (Å²) in [6.07, 6.45) is 0.0722. The smallest absolute Gasteiger partial charge is 0.215 e. The van der Waals surface area contributed by atoms with Crippen molar-refractivity contribution in [2.45, 2.75) is 20.0 Å². The summed E-state index contributed by atoms with van der Waals surface area (Å²) in [7, 11) is 0. The van der Waals surface area contributed by atoms with Crippen molar-refractivity contribution in [3.05, 3.63) is 17.7 Å². The molecule has 1 aliphatic rings. The molecule has 1 aliphatic heterocycles. The van der Waals surface area contributed by atoms with E-state index >= 15 is 0 Å². The van der Waals surface area contributed by atoms with E-state index in [1.807, 2.05) is 13.8 Å². The van der Waals surface area contributed by atoms with Crippen molar-refractivity contribution < 1.29 is 9.47 Å². The standard InChI is InChI=1S/C13H17N3O2/c1-10(2)18-12-4-3-11(9-14)13(15-12)16-5-7-17-8-6-16/h3-4,10H,5-8H2,1-2H3. The van der Waals surface area contributed by atoms with E-state index in [2.05, 4.69) is 16.0 Å². The maximum Gasteiger partial charge on any atom is 0.215 e. The van der Waals surface area contributed by atoms with Gasteiger partial charge in [0.1, 0.15) is 6.07 Å². The van der Waals surface area contributed by atoms with Crippen LogP contribution in [0.3, 0.4) is 0 Å². The molecule has 1 saturated heterocycles. The number of hydrogen-bond donors (Lipinski definition) is 0. The Morgan fingerprint density at radius 3 is 2.72 bits per heavy atom. The van der Waals surface area contributed by atoms with E-state index < -0.39 is 0 Å². The Kier molecular flexibility index (Phi) is 4.00. The van der Waals surface area contributed by atoms with Crippen molar-refractivity contribution in [2.75, 3.05) is 31.2 Å². The number of nitriles is 1. The molecule has 0 N–H and O–H groups in total. The number of pyridine rings is 1. The van der Waals surface area contributed by atoms with Gasteiger partial charge < -0.3 is 14.4 Å². The van der Waals surface area contributed by atoms with Crippen LogP contribution >= 0.6 is 0 Å². The molecule has 5 nitrogen and oxygen atoms in total. The molecule has 1 aromatic rings. The summed E-state index contributed by atoms with van der Waals surface area (Å²) in [4.78, 5) is 6.50. The van der Waals surface area contributed by atoms with E-state index in [9.17, 15) is 0 Å². The Hall–Kier alpha value is -1.80. The first-order chi connectivity index (χ1) is 8.70. The lowest BCUT2D eigenvalue weighted by Gasteiger charge is -2.28. The van der Waals surface area contributed by atoms with Gasteiger partial charge in [-0.2, -0.15) is 10.2 Å². The van der Waals surface area contributed by atoms with Crippen molar-refractivity contribution in [3.8, 4) is 11.9 Å². The fourth-order valence-corrected chi connectivity index (χ4v) is 1.84. The number of nitrogens with zero attached hydrogens (tertiary/aromatic N) is 3. The highest BCUT2D eigenvalue weighted by Gasteiger charge is 2.17. The second-order valence-corrected chi connectivity index (χ2v) is 4.40. The molecule has 0 amide bonds. The molecule has 0 bridgehead atoms. The fraction of sp³-hybridized carbons (Fsp3) is 0.538. The lowest BCUT2D eigenvalue weighted by molar-refractivity contribution is 0.122. The third-order valence-corrected chi connectivity index (χ3v) is 2.64. The first-order valence-electron chi connectivity index (χ1n) is 6.11. The summed E-state index contributed by atoms with van der Waals surface area (Å²) in [6, 6.07) is 5.67. The Labute approximate surface area is 107 Å². The maximum atomic E-state index is 9.13. The fourth-order valence-electron chi connectivity index (χ4n) is 1.84. The zero-order valence-corrected chi connectivity index (χ0v) is 10.7. The van der Waals surface area contributed by atoms with Crippen molar-refractivity contribution in [2.24, 2.45) is 0 Å². The molecule has 0 spiro atoms. The molecule has 2 rings (SSSR count). The Morgan fingerprint density at radius 1 is 1.39 bits per heavy atom. The van der Waals surface area contributed by atoms with Crippen LogP contribution < -0.4 is 9.64 Å². The van der Waals surface area contributed by atoms with Crippen molar-refractivity contribution in [1.29, 1.82) is 5.26 Å². The molecule has 1 fully saturated rings. The van der Waals surface area contributed by atoms with Gasteiger partial charge in [-0.05, 0) is 19.9 Å². The first kappa shape index (κ1) is 12.7. The molecule has 0 aliphatic carbocycles. The minimum Gasteiger partial charge on any atom is -0.475 e. The minimum absolute atomic E-state index is 0.0722. The molecule has 0 atom stereocenters. The van der Waals surface area contributed by atoms with Crippen molar-refractivity contribution >= 4 is 5.82 Å². The molecule has 2 heterocycles. The van der Waals surface area contributed by atoms with Crippen LogP contribution in [0.15, 0.2) is 12.1 Å². The SMILES string of the molecule is CC(C)Oc1ccc(C#N)c(N2CCOCC2)n1. The second kappa shape index (κ2) is 5.69. The zero-order valence-electron chi connectivity index (χ0n) is 10.7. The largest absolute Gasteiger partial charge is 0.475 e. The van der Waals surface area contributed by atoms with Gasteiger partial charge in [-0.15, -0.1) is 0 Å². The summed E-state index contributed by atoms with van der Waals surface area (Å²) < 4.78 is 10.9. The van der Waals surface area contributed by atoms with Crippen LogP contribution in [0.4, 0.5) is 5.82 Å². The van der Waals surface area contributed by atoms with Crippen LogP contribution in [0.2, 0.25) is 0 Å². The number of rotatable bonds is 3. The monoisotopic (exact) mass is 247 g/mol. The molecule has 96 valence electrons. The molecule has 1 aromatic heterocycles. The highest BCUT2D eigenvalue weighted by Crippen LogP contribution is 2.22. The second-order valence-electron chi connectivity index (χ2n) is 4.40. The average molecular weight is 247 g/mol. The topological polar surface area (TPSA) is 58.4 Å². The van der Waals surface area contributed by atoms with Crippen molar-refractivity contribution in [3.63, 3.8) is 0 Å². The average Bonchev–Trinajstić information content (AvgIpc) is 2.39. The zero-order chi connectivity index (χ0) is 13.0. The third-order valence-electron chi connectivity index (χ3n) is 2.64. The predicted molar refractivity (Wildman–Crippen MR) is 67.7 cm³/mol. The van der Waals surface area contributed by atoms with Gasteiger partial charge in [0.05, 0.1) is 24.9 Å². The van der Waals surface area contributed by atoms with Crippen LogP contribution in [0.25, 0.3) is 0 Å². The van der Waals surface area contributed by atoms with E-state index in [0.29, 0.717) is 30.5 Å². The van der Waals surface area contributed by atoms with Crippen molar-refractivity contribution in [1.82, 2.24) is 4.98 Å². The van der Waals surface area contributed by atoms with Gasteiger partial charge >= 0.3 is 0 Å². The molecular weight excluding hydrogens is 230 g/mol. The lowest BCUT2D eigenvalue weighted by atomic mass is 10.2. The quantitative estimate of drug-likeness (QED) is 0.811. The van der Waals surface area contributed by atoms with E-state index in [1.165, 1.54) is 0 Å². The lowest BCUT2D eigenvalue weighted by Crippen LogP contribution is -2.37. The summed E-state index contributed by atoms with van der Waals surface area (Å²) >= 11 is 0. The van der Waals surface area contributed by atoms with E-state index in [1.54, 1.807) is 12.1 Å². The van der Waals surface area contributed by atoms with Gasteiger partial charge in [0.2, 0.25) is 5.88 Å². The molecule has 5 heteroatoms. The summed E-state index contributed by atoms with van der Waals surface area (Å²) in [5.74, 6) is 1.25. The van der Waals surface area contributed by atoms with Crippen LogP contribution in [-0.4, -0.2) is 37.4 Å². The number of anilines is 1. The molecule has 0 unspecified atom stereocenters. The highest BCUT2D eigenvalue weighted by molar-refractivity contribution is 5.55. The Morgan fingerprint density at radius 2 is 2.11 bits per heavy atom. The van der Waals surface area contributed by atoms with Gasteiger partial charge in [0, 0.05) is 19.2 Å². The summed E-state index contributed by atoms with van der Waals surface area (Å²) in [5.41, 5.74) is 0.577. The number of aromatic nitrogens is 1. The normalized spacial score (nSPS) is 15.6. The number of hydrogen-bond acceptors (Lipinski definition) is 5. The van der Waals surface area contributed by atoms with E-state index in [0.717, 1.165) is 13.1 Å². The predicted octanol–water partition coefficient (Wildman–Crippen LogP) is 1.58. The van der Waals surface area contributed by atoms with Crippen LogP contribution in [0, 0.1) is 11.3 Å². The van der Waals surface area contributed by atoms with Gasteiger partial charge in [-0.1, -0.05) is 0 Å². The number of ether oxygens (including phenoxy) is 2. The van der Waals surface area contributed by atoms with E-state index in [4.69, 9.17) is 14.7 Å². The van der Waals surface area contributed by atoms with Crippen LogP contribution in [-0.2, 0) is 4.74 Å². The van der Waals surface area contributed by atoms with Gasteiger partial charge in [-0.3, -0.25) is 0 Å². The van der Waals surface area contributed by atoms with Gasteiger partial charge in [-0.25, -0.2) is 0 Å². The molecule has 0 saturated carbocycles.